The van der Waals surface area contributed by atoms with Gasteiger partial charge in [0.1, 0.15) is 10.4 Å². The predicted octanol–water partition coefficient (Wildman–Crippen LogP) is 0.463. The zero-order valence-electron chi connectivity index (χ0n) is 9.99. The standard InChI is InChI=1S/C10H17N3O2S2/c1-3-11-9(15)7(2)13-8(14)6-17-10-12-4-5-16-10/h7H,3-6H2,1-2H3,(H,11,15)(H,13,14)/t7-/m0/s1. The molecule has 5 nitrogen and oxygen atoms in total. The first-order valence-electron chi connectivity index (χ1n) is 5.50. The Bertz CT molecular complexity index is 321. The maximum absolute atomic E-state index is 11.5. The third-order valence-electron chi connectivity index (χ3n) is 2.01. The van der Waals surface area contributed by atoms with Crippen LogP contribution in [0.3, 0.4) is 0 Å². The fourth-order valence-electron chi connectivity index (χ4n) is 1.21. The zero-order valence-corrected chi connectivity index (χ0v) is 11.6. The fourth-order valence-corrected chi connectivity index (χ4v) is 3.03. The molecular formula is C10H17N3O2S2. The highest BCUT2D eigenvalue weighted by molar-refractivity contribution is 8.39. The molecule has 1 atom stereocenters. The van der Waals surface area contributed by atoms with E-state index in [1.807, 2.05) is 6.92 Å². The van der Waals surface area contributed by atoms with Crippen molar-refractivity contribution < 1.29 is 9.59 Å². The second-order valence-electron chi connectivity index (χ2n) is 3.47. The highest BCUT2D eigenvalue weighted by Crippen LogP contribution is 2.21. The summed E-state index contributed by atoms with van der Waals surface area (Å²) in [4.78, 5) is 27.2. The molecule has 0 bridgehead atoms. The van der Waals surface area contributed by atoms with E-state index in [2.05, 4.69) is 15.6 Å². The smallest absolute Gasteiger partial charge is 0.242 e. The highest BCUT2D eigenvalue weighted by atomic mass is 32.2. The lowest BCUT2D eigenvalue weighted by Crippen LogP contribution is -2.45. The van der Waals surface area contributed by atoms with Gasteiger partial charge in [0.05, 0.1) is 12.3 Å². The van der Waals surface area contributed by atoms with Gasteiger partial charge in [-0.2, -0.15) is 0 Å². The van der Waals surface area contributed by atoms with Crippen molar-refractivity contribution in [2.24, 2.45) is 4.99 Å². The lowest BCUT2D eigenvalue weighted by atomic mass is 10.3. The van der Waals surface area contributed by atoms with E-state index in [0.717, 1.165) is 16.7 Å². The molecule has 0 saturated carbocycles. The van der Waals surface area contributed by atoms with Gasteiger partial charge >= 0.3 is 0 Å². The topological polar surface area (TPSA) is 70.6 Å². The first-order valence-corrected chi connectivity index (χ1v) is 7.47. The number of rotatable bonds is 5. The largest absolute Gasteiger partial charge is 0.355 e. The molecule has 1 heterocycles. The highest BCUT2D eigenvalue weighted by Gasteiger charge is 2.16. The number of likely N-dealkylation sites (N-methyl/N-ethyl adjacent to an activating group) is 1. The van der Waals surface area contributed by atoms with E-state index < -0.39 is 6.04 Å². The number of hydrogen-bond donors (Lipinski definition) is 2. The molecule has 1 aliphatic rings. The number of aliphatic imine (C=N–C) groups is 1. The monoisotopic (exact) mass is 275 g/mol. The Kier molecular flexibility index (Phi) is 6.43. The van der Waals surface area contributed by atoms with Crippen molar-refractivity contribution in [1.82, 2.24) is 10.6 Å². The minimum Gasteiger partial charge on any atom is -0.355 e. The lowest BCUT2D eigenvalue weighted by molar-refractivity contribution is -0.127. The molecule has 0 radical (unpaired) electrons. The van der Waals surface area contributed by atoms with Crippen molar-refractivity contribution in [2.75, 3.05) is 24.6 Å². The van der Waals surface area contributed by atoms with Crippen LogP contribution < -0.4 is 10.6 Å². The Balaban J connectivity index is 2.21. The van der Waals surface area contributed by atoms with Crippen LogP contribution in [0, 0.1) is 0 Å². The summed E-state index contributed by atoms with van der Waals surface area (Å²) in [6.45, 7) is 4.93. The fraction of sp³-hybridized carbons (Fsp3) is 0.700. The minimum absolute atomic E-state index is 0.135. The van der Waals surface area contributed by atoms with Crippen molar-refractivity contribution in [1.29, 1.82) is 0 Å². The molecule has 0 aliphatic carbocycles. The normalized spacial score (nSPS) is 16.2. The second kappa shape index (κ2) is 7.60. The maximum atomic E-state index is 11.5. The summed E-state index contributed by atoms with van der Waals surface area (Å²) in [5.41, 5.74) is 0. The van der Waals surface area contributed by atoms with Crippen molar-refractivity contribution in [3.63, 3.8) is 0 Å². The van der Waals surface area contributed by atoms with Crippen molar-refractivity contribution >= 4 is 39.7 Å². The van der Waals surface area contributed by atoms with Gasteiger partial charge in [-0.3, -0.25) is 14.6 Å². The van der Waals surface area contributed by atoms with Gasteiger partial charge in [0.2, 0.25) is 11.8 Å². The Labute approximate surface area is 110 Å². The van der Waals surface area contributed by atoms with Crippen molar-refractivity contribution in [3.05, 3.63) is 0 Å². The molecule has 2 amide bonds. The SMILES string of the molecule is CCNC(=O)[C@H](C)NC(=O)CSC1=NCCS1. The second-order valence-corrected chi connectivity index (χ2v) is 5.77. The molecule has 7 heteroatoms. The molecule has 0 spiro atoms. The van der Waals surface area contributed by atoms with Gasteiger partial charge < -0.3 is 10.6 Å². The third kappa shape index (κ3) is 5.45. The first kappa shape index (κ1) is 14.4. The molecule has 17 heavy (non-hydrogen) atoms. The number of amides is 2. The van der Waals surface area contributed by atoms with Crippen LogP contribution >= 0.6 is 23.5 Å². The van der Waals surface area contributed by atoms with Crippen LogP contribution in [0.4, 0.5) is 0 Å². The van der Waals surface area contributed by atoms with E-state index >= 15 is 0 Å². The van der Waals surface area contributed by atoms with Crippen LogP contribution in [-0.4, -0.2) is 46.8 Å². The molecule has 0 saturated heterocycles. The van der Waals surface area contributed by atoms with Crippen LogP contribution in [-0.2, 0) is 9.59 Å². The number of hydrogen-bond acceptors (Lipinski definition) is 5. The van der Waals surface area contributed by atoms with Gasteiger partial charge in [-0.1, -0.05) is 23.5 Å². The Morgan fingerprint density at radius 1 is 1.59 bits per heavy atom. The average molecular weight is 275 g/mol. The Morgan fingerprint density at radius 2 is 2.35 bits per heavy atom. The van der Waals surface area contributed by atoms with Crippen molar-refractivity contribution in [3.8, 4) is 0 Å². The summed E-state index contributed by atoms with van der Waals surface area (Å²) in [7, 11) is 0. The molecular weight excluding hydrogens is 258 g/mol. The summed E-state index contributed by atoms with van der Waals surface area (Å²) in [6.07, 6.45) is 0. The number of nitrogens with zero attached hydrogens (tertiary/aromatic N) is 1. The van der Waals surface area contributed by atoms with Gasteiger partial charge in [0.15, 0.2) is 0 Å². The number of thioether (sulfide) groups is 2. The van der Waals surface area contributed by atoms with Gasteiger partial charge in [-0.05, 0) is 13.8 Å². The quantitative estimate of drug-likeness (QED) is 0.765. The van der Waals surface area contributed by atoms with Gasteiger partial charge in [0.25, 0.3) is 0 Å². The van der Waals surface area contributed by atoms with E-state index in [9.17, 15) is 9.59 Å². The lowest BCUT2D eigenvalue weighted by Gasteiger charge is -2.12. The van der Waals surface area contributed by atoms with E-state index in [-0.39, 0.29) is 11.8 Å². The first-order chi connectivity index (χ1) is 8.13. The molecule has 2 N–H and O–H groups in total. The zero-order chi connectivity index (χ0) is 12.7. The third-order valence-corrected chi connectivity index (χ3v) is 4.26. The molecule has 0 aromatic heterocycles. The van der Waals surface area contributed by atoms with Crippen LogP contribution in [0.15, 0.2) is 4.99 Å². The number of carbonyl (C=O) groups excluding carboxylic acids is 2. The molecule has 0 unspecified atom stereocenters. The van der Waals surface area contributed by atoms with E-state index in [1.54, 1.807) is 18.7 Å². The van der Waals surface area contributed by atoms with Gasteiger partial charge in [0, 0.05) is 12.3 Å². The number of nitrogens with one attached hydrogen (secondary N) is 2. The van der Waals surface area contributed by atoms with Crippen LogP contribution in [0.2, 0.25) is 0 Å². The summed E-state index contributed by atoms with van der Waals surface area (Å²) < 4.78 is 0.964. The maximum Gasteiger partial charge on any atom is 0.242 e. The molecule has 0 aromatic rings. The summed E-state index contributed by atoms with van der Waals surface area (Å²) in [5, 5.41) is 5.31. The molecule has 96 valence electrons. The summed E-state index contributed by atoms with van der Waals surface area (Å²) >= 11 is 3.10. The van der Waals surface area contributed by atoms with Crippen LogP contribution in [0.25, 0.3) is 0 Å². The number of carbonyl (C=O) groups is 2. The summed E-state index contributed by atoms with van der Waals surface area (Å²) in [5.74, 6) is 1.02. The summed E-state index contributed by atoms with van der Waals surface area (Å²) in [6, 6.07) is -0.485. The van der Waals surface area contributed by atoms with Gasteiger partial charge in [-0.15, -0.1) is 0 Å². The van der Waals surface area contributed by atoms with Crippen LogP contribution in [0.1, 0.15) is 13.8 Å². The van der Waals surface area contributed by atoms with E-state index in [1.165, 1.54) is 11.8 Å². The Hall–Kier alpha value is -0.690. The van der Waals surface area contributed by atoms with E-state index in [0.29, 0.717) is 12.3 Å². The van der Waals surface area contributed by atoms with Crippen LogP contribution in [0.5, 0.6) is 0 Å². The molecule has 1 rings (SSSR count). The Morgan fingerprint density at radius 3 is 2.94 bits per heavy atom. The molecule has 0 aromatic carbocycles. The predicted molar refractivity (Wildman–Crippen MR) is 73.5 cm³/mol. The molecule has 0 fully saturated rings. The van der Waals surface area contributed by atoms with Crippen molar-refractivity contribution in [2.45, 2.75) is 19.9 Å². The van der Waals surface area contributed by atoms with Gasteiger partial charge in [-0.25, -0.2) is 0 Å². The molecule has 1 aliphatic heterocycles. The minimum atomic E-state index is -0.485. The average Bonchev–Trinajstić information content (AvgIpc) is 2.79. The van der Waals surface area contributed by atoms with E-state index in [4.69, 9.17) is 0 Å².